The monoisotopic (exact) mass is 381 g/mol. The Hall–Kier alpha value is -3.12. The molecule has 3 N–H and O–H groups in total. The van der Waals surface area contributed by atoms with Gasteiger partial charge in [-0.2, -0.15) is 0 Å². The largest absolute Gasteiger partial charge is 0.370 e. The van der Waals surface area contributed by atoms with E-state index in [1.165, 1.54) is 29.4 Å². The molecule has 0 fully saturated rings. The number of H-pyrrole nitrogens is 1. The standard InChI is InChI=1S/C20H17ClFN5/c21-16-9-14(5-6-17(16)22)27-20-10-19(25-12-26-20)23-8-7-13-11-24-18-4-2-1-3-15(13)18/h1-6,9-12,24H,7-8H2,(H2,23,25,26,27). The van der Waals surface area contributed by atoms with Gasteiger partial charge in [-0.3, -0.25) is 0 Å². The molecule has 0 spiro atoms. The third-order valence-electron chi connectivity index (χ3n) is 4.23. The third kappa shape index (κ3) is 4.01. The maximum Gasteiger partial charge on any atom is 0.141 e. The topological polar surface area (TPSA) is 65.6 Å². The van der Waals surface area contributed by atoms with E-state index in [4.69, 9.17) is 11.6 Å². The van der Waals surface area contributed by atoms with Crippen molar-refractivity contribution in [3.8, 4) is 0 Å². The average molecular weight is 382 g/mol. The SMILES string of the molecule is Fc1ccc(Nc2cc(NCCc3c[nH]c4ccccc34)ncn2)cc1Cl. The molecule has 0 atom stereocenters. The van der Waals surface area contributed by atoms with E-state index in [1.807, 2.05) is 18.3 Å². The molecule has 0 aliphatic carbocycles. The van der Waals surface area contributed by atoms with E-state index < -0.39 is 5.82 Å². The molecular weight excluding hydrogens is 365 g/mol. The van der Waals surface area contributed by atoms with Crippen molar-refractivity contribution in [1.29, 1.82) is 0 Å². The summed E-state index contributed by atoms with van der Waals surface area (Å²) in [6.45, 7) is 0.737. The van der Waals surface area contributed by atoms with Crippen molar-refractivity contribution >= 4 is 39.8 Å². The Morgan fingerprint density at radius 1 is 1.04 bits per heavy atom. The number of hydrogen-bond donors (Lipinski definition) is 3. The van der Waals surface area contributed by atoms with Crippen molar-refractivity contribution in [3.63, 3.8) is 0 Å². The van der Waals surface area contributed by atoms with E-state index in [-0.39, 0.29) is 5.02 Å². The van der Waals surface area contributed by atoms with Crippen LogP contribution in [0.2, 0.25) is 5.02 Å². The Morgan fingerprint density at radius 3 is 2.78 bits per heavy atom. The molecule has 2 heterocycles. The number of halogens is 2. The highest BCUT2D eigenvalue weighted by Crippen LogP contribution is 2.23. The van der Waals surface area contributed by atoms with Crippen molar-refractivity contribution < 1.29 is 4.39 Å². The molecule has 5 nitrogen and oxygen atoms in total. The molecule has 0 aliphatic heterocycles. The summed E-state index contributed by atoms with van der Waals surface area (Å²) in [5.74, 6) is 0.854. The normalized spacial score (nSPS) is 10.9. The van der Waals surface area contributed by atoms with Crippen molar-refractivity contribution in [2.24, 2.45) is 0 Å². The van der Waals surface area contributed by atoms with Crippen molar-refractivity contribution in [1.82, 2.24) is 15.0 Å². The average Bonchev–Trinajstić information content (AvgIpc) is 3.09. The Balaban J connectivity index is 1.39. The van der Waals surface area contributed by atoms with E-state index >= 15 is 0 Å². The van der Waals surface area contributed by atoms with E-state index in [9.17, 15) is 4.39 Å². The number of aromatic amines is 1. The summed E-state index contributed by atoms with van der Waals surface area (Å²) < 4.78 is 13.3. The van der Waals surface area contributed by atoms with Crippen LogP contribution in [0.4, 0.5) is 21.7 Å². The number of anilines is 3. The first-order valence-electron chi connectivity index (χ1n) is 8.52. The molecule has 4 rings (SSSR count). The van der Waals surface area contributed by atoms with Gasteiger partial charge in [-0.05, 0) is 36.2 Å². The van der Waals surface area contributed by atoms with Gasteiger partial charge in [0, 0.05) is 35.4 Å². The number of para-hydroxylation sites is 1. The smallest absolute Gasteiger partial charge is 0.141 e. The summed E-state index contributed by atoms with van der Waals surface area (Å²) in [6, 6.07) is 14.5. The molecule has 0 amide bonds. The molecule has 0 unspecified atom stereocenters. The van der Waals surface area contributed by atoms with Crippen LogP contribution in [0.5, 0.6) is 0 Å². The number of benzene rings is 2. The fourth-order valence-electron chi connectivity index (χ4n) is 2.91. The van der Waals surface area contributed by atoms with Crippen LogP contribution in [0, 0.1) is 5.82 Å². The van der Waals surface area contributed by atoms with Crippen LogP contribution >= 0.6 is 11.6 Å². The second kappa shape index (κ2) is 7.63. The first-order chi connectivity index (χ1) is 13.2. The van der Waals surface area contributed by atoms with Gasteiger partial charge in [-0.25, -0.2) is 14.4 Å². The molecule has 4 aromatic rings. The first-order valence-corrected chi connectivity index (χ1v) is 8.90. The van der Waals surface area contributed by atoms with Gasteiger partial charge in [0.2, 0.25) is 0 Å². The maximum absolute atomic E-state index is 13.3. The molecular formula is C20H17ClFN5. The molecule has 136 valence electrons. The maximum atomic E-state index is 13.3. The molecule has 0 radical (unpaired) electrons. The first kappa shape index (κ1) is 17.3. The van der Waals surface area contributed by atoms with Crippen LogP contribution in [0.15, 0.2) is 61.1 Å². The van der Waals surface area contributed by atoms with E-state index in [1.54, 1.807) is 12.1 Å². The molecule has 27 heavy (non-hydrogen) atoms. The summed E-state index contributed by atoms with van der Waals surface area (Å²) >= 11 is 5.81. The Bertz CT molecular complexity index is 1080. The lowest BCUT2D eigenvalue weighted by Crippen LogP contribution is -2.07. The van der Waals surface area contributed by atoms with E-state index in [2.05, 4.69) is 37.7 Å². The van der Waals surface area contributed by atoms with Gasteiger partial charge < -0.3 is 15.6 Å². The van der Waals surface area contributed by atoms with E-state index in [0.717, 1.165) is 18.5 Å². The Morgan fingerprint density at radius 2 is 1.89 bits per heavy atom. The van der Waals surface area contributed by atoms with Crippen LogP contribution in [0.3, 0.4) is 0 Å². The van der Waals surface area contributed by atoms with Crippen LogP contribution in [0.1, 0.15) is 5.56 Å². The highest BCUT2D eigenvalue weighted by atomic mass is 35.5. The van der Waals surface area contributed by atoms with Crippen LogP contribution in [-0.2, 0) is 6.42 Å². The van der Waals surface area contributed by atoms with Gasteiger partial charge in [-0.1, -0.05) is 29.8 Å². The minimum Gasteiger partial charge on any atom is -0.370 e. The lowest BCUT2D eigenvalue weighted by molar-refractivity contribution is 0.628. The molecule has 7 heteroatoms. The summed E-state index contributed by atoms with van der Waals surface area (Å²) in [4.78, 5) is 11.7. The van der Waals surface area contributed by atoms with E-state index in [0.29, 0.717) is 17.3 Å². The number of fused-ring (bicyclic) bond motifs is 1. The van der Waals surface area contributed by atoms with Gasteiger partial charge in [0.1, 0.15) is 23.8 Å². The minimum atomic E-state index is -0.454. The Kier molecular flexibility index (Phi) is 4.89. The molecule has 0 aliphatic rings. The molecule has 2 aromatic heterocycles. The van der Waals surface area contributed by atoms with Gasteiger partial charge >= 0.3 is 0 Å². The fraction of sp³-hybridized carbons (Fsp3) is 0.100. The second-order valence-electron chi connectivity index (χ2n) is 6.08. The lowest BCUT2D eigenvalue weighted by Gasteiger charge is -2.09. The third-order valence-corrected chi connectivity index (χ3v) is 4.52. The van der Waals surface area contributed by atoms with Gasteiger partial charge in [-0.15, -0.1) is 0 Å². The molecule has 0 saturated carbocycles. The number of nitrogens with one attached hydrogen (secondary N) is 3. The van der Waals surface area contributed by atoms with Gasteiger partial charge in [0.05, 0.1) is 5.02 Å². The van der Waals surface area contributed by atoms with Crippen molar-refractivity contribution in [2.45, 2.75) is 6.42 Å². The molecule has 0 saturated heterocycles. The van der Waals surface area contributed by atoms with Crippen LogP contribution < -0.4 is 10.6 Å². The summed E-state index contributed by atoms with van der Waals surface area (Å²) in [5, 5.41) is 7.69. The van der Waals surface area contributed by atoms with Crippen molar-refractivity contribution in [2.75, 3.05) is 17.2 Å². The second-order valence-corrected chi connectivity index (χ2v) is 6.49. The zero-order valence-electron chi connectivity index (χ0n) is 14.3. The van der Waals surface area contributed by atoms with Crippen molar-refractivity contribution in [3.05, 3.63) is 77.5 Å². The van der Waals surface area contributed by atoms with Crippen LogP contribution in [0.25, 0.3) is 10.9 Å². The van der Waals surface area contributed by atoms with Crippen LogP contribution in [-0.4, -0.2) is 21.5 Å². The fourth-order valence-corrected chi connectivity index (χ4v) is 3.09. The molecule has 2 aromatic carbocycles. The highest BCUT2D eigenvalue weighted by molar-refractivity contribution is 6.31. The quantitative estimate of drug-likeness (QED) is 0.432. The zero-order valence-corrected chi connectivity index (χ0v) is 15.1. The number of rotatable bonds is 6. The minimum absolute atomic E-state index is 0.0612. The Labute approximate surface area is 160 Å². The van der Waals surface area contributed by atoms with Gasteiger partial charge in [0.15, 0.2) is 0 Å². The summed E-state index contributed by atoms with van der Waals surface area (Å²) in [7, 11) is 0. The molecule has 0 bridgehead atoms. The zero-order chi connectivity index (χ0) is 18.6. The predicted octanol–water partition coefficient (Wildman–Crippen LogP) is 5.15. The highest BCUT2D eigenvalue weighted by Gasteiger charge is 2.05. The lowest BCUT2D eigenvalue weighted by atomic mass is 10.1. The van der Waals surface area contributed by atoms with Gasteiger partial charge in [0.25, 0.3) is 0 Å². The number of hydrogen-bond acceptors (Lipinski definition) is 4. The predicted molar refractivity (Wildman–Crippen MR) is 107 cm³/mol. The summed E-state index contributed by atoms with van der Waals surface area (Å²) in [6.07, 6.45) is 4.38. The number of nitrogens with zero attached hydrogens (tertiary/aromatic N) is 2. The summed E-state index contributed by atoms with van der Waals surface area (Å²) in [5.41, 5.74) is 3.05. The number of aromatic nitrogens is 3.